The summed E-state index contributed by atoms with van der Waals surface area (Å²) in [4.78, 5) is 27.1. The maximum Gasteiger partial charge on any atom is 0.235 e. The number of rotatable bonds is 4. The van der Waals surface area contributed by atoms with E-state index in [1.165, 1.54) is 12.2 Å². The summed E-state index contributed by atoms with van der Waals surface area (Å²) in [5.41, 5.74) is -0.626. The van der Waals surface area contributed by atoms with Gasteiger partial charge >= 0.3 is 0 Å². The second-order valence-corrected chi connectivity index (χ2v) is 2.81. The third-order valence-corrected chi connectivity index (χ3v) is 2.16. The van der Waals surface area contributed by atoms with Crippen LogP contribution in [0.25, 0.3) is 0 Å². The Morgan fingerprint density at radius 1 is 1.42 bits per heavy atom. The molecule has 4 heteroatoms. The molecule has 2 atom stereocenters. The Bertz CT molecular complexity index is 239. The molecule has 0 spiro atoms. The Balaban J connectivity index is 4.72. The van der Waals surface area contributed by atoms with E-state index >= 15 is 0 Å². The van der Waals surface area contributed by atoms with E-state index in [0.29, 0.717) is 6.42 Å². The van der Waals surface area contributed by atoms with Gasteiger partial charge in [-0.1, -0.05) is 6.92 Å². The fourth-order valence-electron chi connectivity index (χ4n) is 0.790. The minimum atomic E-state index is -0.626. The lowest BCUT2D eigenvalue weighted by Crippen LogP contribution is -2.33. The van der Waals surface area contributed by atoms with Crippen molar-refractivity contribution in [2.75, 3.05) is 0 Å². The van der Waals surface area contributed by atoms with Gasteiger partial charge in [-0.3, -0.25) is 0 Å². The lowest BCUT2D eigenvalue weighted by atomic mass is 9.92. The number of hydrogen-bond donors (Lipinski definition) is 0. The van der Waals surface area contributed by atoms with Crippen LogP contribution in [0.3, 0.4) is 0 Å². The summed E-state index contributed by atoms with van der Waals surface area (Å²) in [6.07, 6.45) is 3.57. The molecule has 12 heavy (non-hydrogen) atoms. The Morgan fingerprint density at radius 2 is 2.00 bits per heavy atom. The number of hydrogen-bond acceptors (Lipinski definition) is 4. The van der Waals surface area contributed by atoms with Crippen LogP contribution >= 0.6 is 0 Å². The van der Waals surface area contributed by atoms with Crippen molar-refractivity contribution in [3.8, 4) is 0 Å². The smallest absolute Gasteiger partial charge is 0.211 e. The minimum Gasteiger partial charge on any atom is -0.211 e. The molecular formula is C8H12N2O2. The lowest BCUT2D eigenvalue weighted by molar-refractivity contribution is 0.382. The third-order valence-electron chi connectivity index (χ3n) is 2.16. The van der Waals surface area contributed by atoms with Crippen LogP contribution in [-0.4, -0.2) is 23.7 Å². The van der Waals surface area contributed by atoms with Crippen molar-refractivity contribution in [1.82, 2.24) is 0 Å². The van der Waals surface area contributed by atoms with Crippen molar-refractivity contribution >= 4 is 12.2 Å². The summed E-state index contributed by atoms with van der Waals surface area (Å²) in [6, 6.07) is -0.332. The maximum absolute atomic E-state index is 10.1. The van der Waals surface area contributed by atoms with Crippen LogP contribution in [0.1, 0.15) is 27.2 Å². The predicted octanol–water partition coefficient (Wildman–Crippen LogP) is 1.22. The number of aliphatic imine (C=N–C) groups is 2. The van der Waals surface area contributed by atoms with Crippen LogP contribution in [0.4, 0.5) is 0 Å². The predicted molar refractivity (Wildman–Crippen MR) is 44.4 cm³/mol. The van der Waals surface area contributed by atoms with Crippen LogP contribution in [0.5, 0.6) is 0 Å². The summed E-state index contributed by atoms with van der Waals surface area (Å²) in [7, 11) is 0. The zero-order valence-electron chi connectivity index (χ0n) is 7.50. The average molecular weight is 168 g/mol. The van der Waals surface area contributed by atoms with Crippen molar-refractivity contribution in [3.63, 3.8) is 0 Å². The van der Waals surface area contributed by atoms with Gasteiger partial charge in [-0.15, -0.1) is 0 Å². The molecule has 0 bridgehead atoms. The molecule has 0 aliphatic rings. The molecule has 0 saturated carbocycles. The van der Waals surface area contributed by atoms with E-state index in [4.69, 9.17) is 0 Å². The summed E-state index contributed by atoms with van der Waals surface area (Å²) < 4.78 is 0. The van der Waals surface area contributed by atoms with Crippen molar-refractivity contribution in [2.24, 2.45) is 9.98 Å². The molecule has 0 amide bonds. The molecular weight excluding hydrogens is 156 g/mol. The number of isocyanates is 2. The second kappa shape index (κ2) is 4.60. The van der Waals surface area contributed by atoms with Crippen LogP contribution in [0.15, 0.2) is 9.98 Å². The molecule has 2 unspecified atom stereocenters. The van der Waals surface area contributed by atoms with Crippen LogP contribution in [-0.2, 0) is 9.59 Å². The van der Waals surface area contributed by atoms with Gasteiger partial charge < -0.3 is 0 Å². The fraction of sp³-hybridized carbons (Fsp3) is 0.750. The Morgan fingerprint density at radius 3 is 2.33 bits per heavy atom. The highest BCUT2D eigenvalue weighted by Crippen LogP contribution is 2.21. The van der Waals surface area contributed by atoms with Gasteiger partial charge in [0.15, 0.2) is 0 Å². The highest BCUT2D eigenvalue weighted by molar-refractivity contribution is 5.37. The monoisotopic (exact) mass is 168 g/mol. The first-order valence-electron chi connectivity index (χ1n) is 3.76. The molecule has 66 valence electrons. The van der Waals surface area contributed by atoms with Crippen molar-refractivity contribution in [3.05, 3.63) is 0 Å². The molecule has 0 fully saturated rings. The topological polar surface area (TPSA) is 58.9 Å². The summed E-state index contributed by atoms with van der Waals surface area (Å²) in [5, 5.41) is 0. The molecule has 0 rings (SSSR count). The lowest BCUT2D eigenvalue weighted by Gasteiger charge is -2.24. The van der Waals surface area contributed by atoms with Gasteiger partial charge in [0.2, 0.25) is 12.2 Å². The molecule has 0 aromatic carbocycles. The quantitative estimate of drug-likeness (QED) is 0.468. The van der Waals surface area contributed by atoms with E-state index in [0.717, 1.165) is 0 Å². The van der Waals surface area contributed by atoms with E-state index in [-0.39, 0.29) is 6.04 Å². The standard InChI is InChI=1S/C8H12N2O2/c1-4-8(3,10-6-12)7(2)9-5-11/h7H,4H2,1-3H3. The molecule has 0 aromatic heterocycles. The van der Waals surface area contributed by atoms with Gasteiger partial charge in [0, 0.05) is 0 Å². The number of nitrogens with zero attached hydrogens (tertiary/aromatic N) is 2. The van der Waals surface area contributed by atoms with Crippen LogP contribution < -0.4 is 0 Å². The third kappa shape index (κ3) is 2.42. The van der Waals surface area contributed by atoms with E-state index in [1.807, 2.05) is 6.92 Å². The Kier molecular flexibility index (Phi) is 4.12. The minimum absolute atomic E-state index is 0.332. The van der Waals surface area contributed by atoms with Crippen LogP contribution in [0, 0.1) is 0 Å². The van der Waals surface area contributed by atoms with Gasteiger partial charge in [-0.2, -0.15) is 4.99 Å². The highest BCUT2D eigenvalue weighted by atomic mass is 16.1. The van der Waals surface area contributed by atoms with Crippen molar-refractivity contribution < 1.29 is 9.59 Å². The highest BCUT2D eigenvalue weighted by Gasteiger charge is 2.28. The maximum atomic E-state index is 10.1. The van der Waals surface area contributed by atoms with E-state index in [1.54, 1.807) is 13.8 Å². The van der Waals surface area contributed by atoms with Crippen molar-refractivity contribution in [2.45, 2.75) is 38.8 Å². The zero-order chi connectivity index (χ0) is 9.61. The number of carbonyl (C=O) groups excluding carboxylic acids is 2. The Labute approximate surface area is 71.4 Å². The molecule has 0 heterocycles. The fourth-order valence-corrected chi connectivity index (χ4v) is 0.790. The largest absolute Gasteiger partial charge is 0.235 e. The molecule has 4 nitrogen and oxygen atoms in total. The first-order chi connectivity index (χ1) is 5.60. The Hall–Kier alpha value is -1.24. The molecule has 0 aromatic rings. The summed E-state index contributed by atoms with van der Waals surface area (Å²) in [5.74, 6) is 0. The van der Waals surface area contributed by atoms with Gasteiger partial charge in [-0.25, -0.2) is 14.6 Å². The van der Waals surface area contributed by atoms with E-state index < -0.39 is 5.54 Å². The van der Waals surface area contributed by atoms with Gasteiger partial charge in [0.1, 0.15) is 0 Å². The molecule has 0 radical (unpaired) electrons. The van der Waals surface area contributed by atoms with Crippen molar-refractivity contribution in [1.29, 1.82) is 0 Å². The molecule has 0 saturated heterocycles. The summed E-state index contributed by atoms with van der Waals surface area (Å²) >= 11 is 0. The van der Waals surface area contributed by atoms with Gasteiger partial charge in [0.25, 0.3) is 0 Å². The first kappa shape index (κ1) is 10.8. The van der Waals surface area contributed by atoms with Crippen LogP contribution in [0.2, 0.25) is 0 Å². The van der Waals surface area contributed by atoms with E-state index in [9.17, 15) is 9.59 Å². The molecule has 0 N–H and O–H groups in total. The average Bonchev–Trinajstić information content (AvgIpc) is 2.05. The molecule has 0 aliphatic heterocycles. The second-order valence-electron chi connectivity index (χ2n) is 2.81. The van der Waals surface area contributed by atoms with Gasteiger partial charge in [-0.05, 0) is 20.3 Å². The normalized spacial score (nSPS) is 16.6. The first-order valence-corrected chi connectivity index (χ1v) is 3.76. The van der Waals surface area contributed by atoms with E-state index in [2.05, 4.69) is 9.98 Å². The van der Waals surface area contributed by atoms with Gasteiger partial charge in [0.05, 0.1) is 11.6 Å². The zero-order valence-corrected chi connectivity index (χ0v) is 7.50. The summed E-state index contributed by atoms with van der Waals surface area (Å²) in [6.45, 7) is 5.34. The SMILES string of the molecule is CCC(C)(N=C=O)C(C)N=C=O. The molecule has 0 aliphatic carbocycles.